The molecule has 196 valence electrons. The van der Waals surface area contributed by atoms with Crippen LogP contribution in [0.15, 0.2) is 51.7 Å². The first-order valence-corrected chi connectivity index (χ1v) is 14.7. The summed E-state index contributed by atoms with van der Waals surface area (Å²) in [5.41, 5.74) is 4.94. The molecule has 2 heterocycles. The van der Waals surface area contributed by atoms with E-state index in [1.54, 1.807) is 0 Å². The van der Waals surface area contributed by atoms with Gasteiger partial charge in [-0.15, -0.1) is 0 Å². The molecule has 0 spiro atoms. The number of nitrogens with two attached hydrogens (primary N) is 1. The van der Waals surface area contributed by atoms with E-state index in [4.69, 9.17) is 10.5 Å². The normalized spacial score (nSPS) is 18.8. The van der Waals surface area contributed by atoms with Crippen molar-refractivity contribution in [3.05, 3.63) is 47.6 Å². The van der Waals surface area contributed by atoms with E-state index in [1.807, 2.05) is 0 Å². The number of benzene rings is 1. The summed E-state index contributed by atoms with van der Waals surface area (Å²) in [5.74, 6) is -2.94. The standard InChI is InChI=1S/C21H26F3N6O4PS/c1-12(2)36(32,33)15-9-7-6-8-14(15)28-18-13(20(22,23)24)10-27-21(25,30-18)17-19(34-3)29-16(11-26-17)35(4,5)31/h6-12,28,30H,25H2,1-5H3. The van der Waals surface area contributed by atoms with Crippen molar-refractivity contribution in [1.82, 2.24) is 15.3 Å². The predicted molar refractivity (Wildman–Crippen MR) is 131 cm³/mol. The Morgan fingerprint density at radius 2 is 1.86 bits per heavy atom. The molecule has 3 rings (SSSR count). The van der Waals surface area contributed by atoms with E-state index in [2.05, 4.69) is 25.6 Å². The topological polar surface area (TPSA) is 149 Å². The van der Waals surface area contributed by atoms with Gasteiger partial charge in [-0.3, -0.25) is 5.73 Å². The summed E-state index contributed by atoms with van der Waals surface area (Å²) < 4.78 is 84.8. The second-order valence-corrected chi connectivity index (χ2v) is 14.2. The maximum absolute atomic E-state index is 13.9. The molecule has 0 fully saturated rings. The Balaban J connectivity index is 2.13. The molecule has 36 heavy (non-hydrogen) atoms. The third-order valence-corrected chi connectivity index (χ3v) is 8.72. The molecule has 1 aromatic heterocycles. The first-order valence-electron chi connectivity index (χ1n) is 10.5. The number of nitrogens with zero attached hydrogens (tertiary/aromatic N) is 3. The van der Waals surface area contributed by atoms with Gasteiger partial charge in [0, 0.05) is 6.21 Å². The van der Waals surface area contributed by atoms with Crippen LogP contribution in [0.2, 0.25) is 0 Å². The Kier molecular flexibility index (Phi) is 7.28. The van der Waals surface area contributed by atoms with Gasteiger partial charge in [0.2, 0.25) is 11.7 Å². The summed E-state index contributed by atoms with van der Waals surface area (Å²) in [5, 5.41) is 4.18. The van der Waals surface area contributed by atoms with Gasteiger partial charge >= 0.3 is 6.18 Å². The van der Waals surface area contributed by atoms with E-state index < -0.39 is 45.6 Å². The average molecular weight is 547 g/mol. The zero-order valence-corrected chi connectivity index (χ0v) is 21.8. The molecular formula is C21H26F3N6O4PS. The molecule has 0 aliphatic carbocycles. The van der Waals surface area contributed by atoms with Crippen LogP contribution in [0.4, 0.5) is 18.9 Å². The van der Waals surface area contributed by atoms with Crippen molar-refractivity contribution in [2.75, 3.05) is 25.8 Å². The van der Waals surface area contributed by atoms with Gasteiger partial charge in [-0.05, 0) is 39.3 Å². The Bertz CT molecular complexity index is 1390. The number of hydrogen-bond acceptors (Lipinski definition) is 10. The number of ether oxygens (including phenoxy) is 1. The summed E-state index contributed by atoms with van der Waals surface area (Å²) in [6, 6.07) is 5.56. The van der Waals surface area contributed by atoms with Gasteiger partial charge in [0.25, 0.3) is 0 Å². The molecule has 0 bridgehead atoms. The van der Waals surface area contributed by atoms with Gasteiger partial charge in [0.15, 0.2) is 15.5 Å². The highest BCUT2D eigenvalue weighted by atomic mass is 32.2. The van der Waals surface area contributed by atoms with Gasteiger partial charge < -0.3 is 19.9 Å². The van der Waals surface area contributed by atoms with E-state index in [9.17, 15) is 26.2 Å². The van der Waals surface area contributed by atoms with Crippen molar-refractivity contribution in [3.8, 4) is 5.88 Å². The van der Waals surface area contributed by atoms with Crippen molar-refractivity contribution in [1.29, 1.82) is 0 Å². The zero-order chi connectivity index (χ0) is 27.1. The summed E-state index contributed by atoms with van der Waals surface area (Å²) >= 11 is 0. The number of methoxy groups -OCH3 is 1. The third-order valence-electron chi connectivity index (χ3n) is 5.20. The molecule has 0 saturated carbocycles. The van der Waals surface area contributed by atoms with E-state index >= 15 is 0 Å². The SMILES string of the molecule is COc1nc(P(C)(C)=O)cnc1C1(N)N=CC(C(F)(F)F)=C(Nc2ccccc2S(=O)(=O)C(C)C)N1. The van der Waals surface area contributed by atoms with Crippen LogP contribution < -0.4 is 26.5 Å². The lowest BCUT2D eigenvalue weighted by Gasteiger charge is -2.34. The van der Waals surface area contributed by atoms with Crippen LogP contribution in [0.25, 0.3) is 0 Å². The summed E-state index contributed by atoms with van der Waals surface area (Å²) in [6.07, 6.45) is -3.17. The molecule has 10 nitrogen and oxygen atoms in total. The van der Waals surface area contributed by atoms with Crippen LogP contribution in [0.1, 0.15) is 19.5 Å². The number of aromatic nitrogens is 2. The minimum atomic E-state index is -4.87. The van der Waals surface area contributed by atoms with E-state index in [0.29, 0.717) is 6.21 Å². The van der Waals surface area contributed by atoms with Crippen LogP contribution in [-0.2, 0) is 20.2 Å². The number of hydrogen-bond donors (Lipinski definition) is 3. The largest absolute Gasteiger partial charge is 0.480 e. The minimum absolute atomic E-state index is 0.0978. The highest BCUT2D eigenvalue weighted by molar-refractivity contribution is 7.92. The molecule has 0 radical (unpaired) electrons. The highest BCUT2D eigenvalue weighted by Crippen LogP contribution is 2.37. The van der Waals surface area contributed by atoms with Gasteiger partial charge in [-0.25, -0.2) is 23.4 Å². The number of allylic oxidation sites excluding steroid dienone is 1. The fourth-order valence-corrected chi connectivity index (χ4v) is 5.06. The first kappa shape index (κ1) is 27.6. The van der Waals surface area contributed by atoms with Crippen LogP contribution in [0, 0.1) is 0 Å². The Labute approximate surface area is 206 Å². The number of nitrogens with one attached hydrogen (secondary N) is 2. The van der Waals surface area contributed by atoms with Crippen LogP contribution >= 0.6 is 7.14 Å². The number of para-hydroxylation sites is 1. The number of alkyl halides is 3. The fraction of sp³-hybridized carbons (Fsp3) is 0.381. The van der Waals surface area contributed by atoms with Gasteiger partial charge in [-0.1, -0.05) is 12.1 Å². The number of anilines is 1. The molecule has 1 atom stereocenters. The summed E-state index contributed by atoms with van der Waals surface area (Å²) in [4.78, 5) is 11.9. The summed E-state index contributed by atoms with van der Waals surface area (Å²) in [6.45, 7) is 5.86. The van der Waals surface area contributed by atoms with E-state index in [-0.39, 0.29) is 27.6 Å². The maximum Gasteiger partial charge on any atom is 0.421 e. The van der Waals surface area contributed by atoms with Crippen molar-refractivity contribution in [2.24, 2.45) is 10.7 Å². The number of rotatable bonds is 7. The van der Waals surface area contributed by atoms with Crippen LogP contribution in [0.3, 0.4) is 0 Å². The lowest BCUT2D eigenvalue weighted by atomic mass is 10.1. The van der Waals surface area contributed by atoms with Crippen LogP contribution in [-0.4, -0.2) is 56.5 Å². The Morgan fingerprint density at radius 3 is 2.42 bits per heavy atom. The smallest absolute Gasteiger partial charge is 0.421 e. The number of sulfone groups is 1. The number of halogens is 3. The maximum atomic E-state index is 13.9. The first-order chi connectivity index (χ1) is 16.5. The van der Waals surface area contributed by atoms with Crippen molar-refractivity contribution >= 4 is 34.3 Å². The van der Waals surface area contributed by atoms with Crippen molar-refractivity contribution in [2.45, 2.75) is 36.0 Å². The Morgan fingerprint density at radius 1 is 1.22 bits per heavy atom. The zero-order valence-electron chi connectivity index (χ0n) is 20.1. The quantitative estimate of drug-likeness (QED) is 0.446. The third kappa shape index (κ3) is 5.40. The molecule has 0 amide bonds. The summed E-state index contributed by atoms with van der Waals surface area (Å²) in [7, 11) is -5.45. The molecule has 4 N–H and O–H groups in total. The monoisotopic (exact) mass is 546 g/mol. The highest BCUT2D eigenvalue weighted by Gasteiger charge is 2.44. The molecule has 1 aliphatic rings. The molecule has 1 unspecified atom stereocenters. The Hall–Kier alpha value is -2.96. The molecular weight excluding hydrogens is 520 g/mol. The second kappa shape index (κ2) is 9.49. The second-order valence-electron chi connectivity index (χ2n) is 8.59. The minimum Gasteiger partial charge on any atom is -0.480 e. The molecule has 1 aliphatic heterocycles. The van der Waals surface area contributed by atoms with Gasteiger partial charge in [-0.2, -0.15) is 13.2 Å². The van der Waals surface area contributed by atoms with Gasteiger partial charge in [0.1, 0.15) is 24.0 Å². The van der Waals surface area contributed by atoms with E-state index in [0.717, 1.165) is 0 Å². The van der Waals surface area contributed by atoms with Crippen molar-refractivity contribution < 1.29 is 30.9 Å². The lowest BCUT2D eigenvalue weighted by Crippen LogP contribution is -2.53. The van der Waals surface area contributed by atoms with Crippen LogP contribution in [0.5, 0.6) is 5.88 Å². The molecule has 2 aromatic rings. The lowest BCUT2D eigenvalue weighted by molar-refractivity contribution is -0.0871. The number of aliphatic imine (C=N–C) groups is 1. The molecule has 0 saturated heterocycles. The average Bonchev–Trinajstić information content (AvgIpc) is 2.77. The predicted octanol–water partition coefficient (Wildman–Crippen LogP) is 2.54. The molecule has 1 aromatic carbocycles. The molecule has 15 heteroatoms. The van der Waals surface area contributed by atoms with Crippen molar-refractivity contribution in [3.63, 3.8) is 0 Å². The van der Waals surface area contributed by atoms with Gasteiger partial charge in [0.05, 0.1) is 29.1 Å². The van der Waals surface area contributed by atoms with E-state index in [1.165, 1.54) is 64.7 Å². The fourth-order valence-electron chi connectivity index (χ4n) is 3.19.